The number of amides is 1. The van der Waals surface area contributed by atoms with Gasteiger partial charge in [-0.2, -0.15) is 0 Å². The van der Waals surface area contributed by atoms with Gasteiger partial charge in [-0.3, -0.25) is 9.69 Å². The minimum atomic E-state index is -1.01. The van der Waals surface area contributed by atoms with Gasteiger partial charge < -0.3 is 14.7 Å². The minimum Gasteiger partial charge on any atom is -0.437 e. The monoisotopic (exact) mass is 532 g/mol. The van der Waals surface area contributed by atoms with E-state index in [2.05, 4.69) is 36.1 Å². The van der Waals surface area contributed by atoms with Gasteiger partial charge in [-0.1, -0.05) is 5.21 Å². The van der Waals surface area contributed by atoms with E-state index < -0.39 is 11.9 Å². The van der Waals surface area contributed by atoms with Gasteiger partial charge in [-0.05, 0) is 59.8 Å². The van der Waals surface area contributed by atoms with Crippen molar-refractivity contribution in [2.75, 3.05) is 26.2 Å². The van der Waals surface area contributed by atoms with Gasteiger partial charge in [0.1, 0.15) is 23.2 Å². The van der Waals surface area contributed by atoms with Crippen molar-refractivity contribution < 1.29 is 19.0 Å². The van der Waals surface area contributed by atoms with Gasteiger partial charge in [0.15, 0.2) is 0 Å². The first kappa shape index (κ1) is 23.1. The van der Waals surface area contributed by atoms with E-state index >= 15 is 0 Å². The van der Waals surface area contributed by atoms with Crippen LogP contribution in [0.1, 0.15) is 25.3 Å². The molecule has 3 heterocycles. The topological polar surface area (TPSA) is 96.6 Å². The predicted octanol–water partition coefficient (Wildman–Crippen LogP) is 2.96. The Morgan fingerprint density at radius 1 is 1.29 bits per heavy atom. The van der Waals surface area contributed by atoms with Crippen LogP contribution < -0.4 is 4.74 Å². The van der Waals surface area contributed by atoms with Gasteiger partial charge >= 0.3 is 0 Å². The van der Waals surface area contributed by atoms with Crippen molar-refractivity contribution in [2.45, 2.75) is 39.0 Å². The van der Waals surface area contributed by atoms with Crippen LogP contribution in [0.15, 0.2) is 28.9 Å². The van der Waals surface area contributed by atoms with E-state index in [1.54, 1.807) is 4.90 Å². The van der Waals surface area contributed by atoms with Crippen molar-refractivity contribution in [2.24, 2.45) is 5.92 Å². The molecule has 3 aromatic rings. The molecular formula is C23H26BrFN6O3. The molecule has 1 saturated carbocycles. The second kappa shape index (κ2) is 9.55. The van der Waals surface area contributed by atoms with E-state index in [9.17, 15) is 14.3 Å². The molecule has 0 bridgehead atoms. The lowest BCUT2D eigenvalue weighted by Gasteiger charge is -2.35. The van der Waals surface area contributed by atoms with Crippen molar-refractivity contribution >= 4 is 32.9 Å². The predicted molar refractivity (Wildman–Crippen MR) is 126 cm³/mol. The minimum absolute atomic E-state index is 0.273. The van der Waals surface area contributed by atoms with Crippen LogP contribution in [0.3, 0.4) is 0 Å². The molecule has 2 fully saturated rings. The number of rotatable bonds is 7. The number of aliphatic hydroxyl groups excluding tert-OH is 1. The number of aromatic nitrogens is 4. The molecular weight excluding hydrogens is 507 g/mol. The quantitative estimate of drug-likeness (QED) is 0.499. The molecule has 34 heavy (non-hydrogen) atoms. The summed E-state index contributed by atoms with van der Waals surface area (Å²) in [6.45, 7) is 4.97. The maximum absolute atomic E-state index is 14.0. The number of carbonyl (C=O) groups excluding carboxylic acids is 1. The highest BCUT2D eigenvalue weighted by atomic mass is 79.9. The largest absolute Gasteiger partial charge is 0.437 e. The summed E-state index contributed by atoms with van der Waals surface area (Å²) in [5, 5.41) is 18.1. The lowest BCUT2D eigenvalue weighted by Crippen LogP contribution is -2.50. The molecule has 2 aliphatic rings. The summed E-state index contributed by atoms with van der Waals surface area (Å²) in [5.41, 5.74) is 2.25. The molecule has 1 aromatic carbocycles. The molecule has 180 valence electrons. The highest BCUT2D eigenvalue weighted by molar-refractivity contribution is 9.10. The summed E-state index contributed by atoms with van der Waals surface area (Å²) in [4.78, 5) is 20.0. The maximum Gasteiger partial charge on any atom is 0.251 e. The smallest absolute Gasteiger partial charge is 0.251 e. The first-order valence-corrected chi connectivity index (χ1v) is 12.2. The van der Waals surface area contributed by atoms with Gasteiger partial charge in [0.05, 0.1) is 16.2 Å². The Morgan fingerprint density at radius 3 is 2.76 bits per heavy atom. The van der Waals surface area contributed by atoms with Gasteiger partial charge in [-0.15, -0.1) is 5.10 Å². The molecule has 1 amide bonds. The normalized spacial score (nSPS) is 17.8. The van der Waals surface area contributed by atoms with Gasteiger partial charge in [0.25, 0.3) is 5.91 Å². The lowest BCUT2D eigenvalue weighted by molar-refractivity contribution is -0.141. The molecule has 0 spiro atoms. The number of hydrogen-bond acceptors (Lipinski definition) is 7. The molecule has 1 aliphatic carbocycles. The summed E-state index contributed by atoms with van der Waals surface area (Å²) < 4.78 is 22.8. The zero-order valence-electron chi connectivity index (χ0n) is 18.8. The number of nitrogens with zero attached hydrogens (tertiary/aromatic N) is 6. The van der Waals surface area contributed by atoms with Crippen molar-refractivity contribution in [1.29, 1.82) is 0 Å². The second-order valence-corrected chi connectivity index (χ2v) is 9.75. The van der Waals surface area contributed by atoms with Crippen molar-refractivity contribution in [3.05, 3.63) is 40.2 Å². The number of aliphatic hydroxyl groups is 1. The molecule has 2 aromatic heterocycles. The van der Waals surface area contributed by atoms with Crippen LogP contribution in [0.5, 0.6) is 11.6 Å². The van der Waals surface area contributed by atoms with Crippen LogP contribution in [0.2, 0.25) is 0 Å². The van der Waals surface area contributed by atoms with Crippen LogP contribution in [-0.2, 0) is 17.9 Å². The van der Waals surface area contributed by atoms with E-state index in [0.29, 0.717) is 65.8 Å². The van der Waals surface area contributed by atoms with Crippen LogP contribution in [0.4, 0.5) is 4.39 Å². The zero-order valence-corrected chi connectivity index (χ0v) is 20.4. The third-order valence-corrected chi connectivity index (χ3v) is 7.02. The fourth-order valence-corrected chi connectivity index (χ4v) is 4.65. The first-order valence-electron chi connectivity index (χ1n) is 11.4. The van der Waals surface area contributed by atoms with Crippen molar-refractivity contribution in [3.8, 4) is 11.6 Å². The SMILES string of the molecule is C[C@@H](O)C(=O)N1CCN(Cc2cc(F)cnc2Oc2ccc3c(nnn3CC3CC3)c2Br)CC1. The lowest BCUT2D eigenvalue weighted by atomic mass is 10.2. The number of halogens is 2. The number of piperazine rings is 1. The Bertz CT molecular complexity index is 1210. The van der Waals surface area contributed by atoms with E-state index in [1.807, 2.05) is 16.8 Å². The average molecular weight is 533 g/mol. The molecule has 0 radical (unpaired) electrons. The van der Waals surface area contributed by atoms with Crippen molar-refractivity contribution in [1.82, 2.24) is 29.8 Å². The summed E-state index contributed by atoms with van der Waals surface area (Å²) in [5.74, 6) is 0.804. The summed E-state index contributed by atoms with van der Waals surface area (Å²) >= 11 is 3.59. The third kappa shape index (κ3) is 4.91. The highest BCUT2D eigenvalue weighted by Gasteiger charge is 2.26. The number of benzene rings is 1. The number of carbonyl (C=O) groups is 1. The number of pyridine rings is 1. The summed E-state index contributed by atoms with van der Waals surface area (Å²) in [6, 6.07) is 5.20. The maximum atomic E-state index is 14.0. The van der Waals surface area contributed by atoms with E-state index in [1.165, 1.54) is 25.8 Å². The zero-order chi connectivity index (χ0) is 23.8. The standard InChI is InChI=1S/C23H26BrFN6O3/c1-14(32)23(33)30-8-6-29(7-9-30)13-16-10-17(25)11-26-22(16)34-19-5-4-18-21(20(19)24)27-28-31(18)12-15-2-3-15/h4-5,10-11,14-15,32H,2-3,6-9,12-13H2,1H3/t14-/m1/s1. The highest BCUT2D eigenvalue weighted by Crippen LogP contribution is 2.37. The summed E-state index contributed by atoms with van der Waals surface area (Å²) in [6.07, 6.45) is 2.59. The molecule has 5 rings (SSSR count). The Labute approximate surface area is 204 Å². The Hall–Kier alpha value is -2.63. The van der Waals surface area contributed by atoms with Gasteiger partial charge in [-0.25, -0.2) is 14.1 Å². The Morgan fingerprint density at radius 2 is 2.06 bits per heavy atom. The molecule has 1 atom stereocenters. The fourth-order valence-electron chi connectivity index (χ4n) is 4.15. The van der Waals surface area contributed by atoms with E-state index in [4.69, 9.17) is 4.74 Å². The molecule has 9 nitrogen and oxygen atoms in total. The Balaban J connectivity index is 1.32. The molecule has 1 N–H and O–H groups in total. The third-order valence-electron chi connectivity index (χ3n) is 6.25. The summed E-state index contributed by atoms with van der Waals surface area (Å²) in [7, 11) is 0. The average Bonchev–Trinajstić information content (AvgIpc) is 3.55. The molecule has 0 unspecified atom stereocenters. The molecule has 11 heteroatoms. The number of fused-ring (bicyclic) bond motifs is 1. The van der Waals surface area contributed by atoms with Crippen molar-refractivity contribution in [3.63, 3.8) is 0 Å². The first-order chi connectivity index (χ1) is 16.4. The number of hydrogen-bond donors (Lipinski definition) is 1. The van der Waals surface area contributed by atoms with E-state index in [0.717, 1.165) is 18.3 Å². The molecule has 1 aliphatic heterocycles. The van der Waals surface area contributed by atoms with Gasteiger partial charge in [0.2, 0.25) is 5.88 Å². The molecule has 1 saturated heterocycles. The fraction of sp³-hybridized carbons (Fsp3) is 0.478. The van der Waals surface area contributed by atoms with E-state index in [-0.39, 0.29) is 5.91 Å². The van der Waals surface area contributed by atoms with Gasteiger partial charge in [0, 0.05) is 44.8 Å². The van der Waals surface area contributed by atoms with Crippen LogP contribution in [0.25, 0.3) is 11.0 Å². The second-order valence-electron chi connectivity index (χ2n) is 8.96. The number of ether oxygens (including phenoxy) is 1. The van der Waals surface area contributed by atoms with Crippen LogP contribution in [-0.4, -0.2) is 73.1 Å². The van der Waals surface area contributed by atoms with Crippen LogP contribution >= 0.6 is 15.9 Å². The van der Waals surface area contributed by atoms with Crippen LogP contribution in [0, 0.1) is 11.7 Å². The Kier molecular flexibility index (Phi) is 6.50.